The number of urea groups is 1. The average molecular weight is 481 g/mol. The van der Waals surface area contributed by atoms with Crippen LogP contribution < -0.4 is 14.8 Å². The lowest BCUT2D eigenvalue weighted by Gasteiger charge is -2.22. The molecule has 2 aromatic rings. The van der Waals surface area contributed by atoms with E-state index in [4.69, 9.17) is 9.47 Å². The maximum Gasteiger partial charge on any atom is 0.325 e. The Morgan fingerprint density at radius 2 is 1.79 bits per heavy atom. The first kappa shape index (κ1) is 19.7. The zero-order chi connectivity index (χ0) is 20.8. The summed E-state index contributed by atoms with van der Waals surface area (Å²) in [6.45, 7) is 1.42. The molecule has 152 valence electrons. The lowest BCUT2D eigenvalue weighted by atomic mass is 9.91. The van der Waals surface area contributed by atoms with Crippen molar-refractivity contribution >= 4 is 37.7 Å². The number of imide groups is 1. The summed E-state index contributed by atoms with van der Waals surface area (Å²) < 4.78 is 36.5. The molecule has 8 nitrogen and oxygen atoms in total. The largest absolute Gasteiger partial charge is 0.454 e. The van der Waals surface area contributed by atoms with Crippen LogP contribution in [0.1, 0.15) is 12.5 Å². The van der Waals surface area contributed by atoms with Gasteiger partial charge in [-0.05, 0) is 48.9 Å². The number of nitrogens with zero attached hydrogens (tertiary/aromatic N) is 1. The summed E-state index contributed by atoms with van der Waals surface area (Å²) in [5, 5.41) is 2.66. The smallest absolute Gasteiger partial charge is 0.325 e. The van der Waals surface area contributed by atoms with Crippen LogP contribution in [-0.2, 0) is 20.2 Å². The fourth-order valence-corrected chi connectivity index (χ4v) is 4.75. The van der Waals surface area contributed by atoms with Crippen LogP contribution >= 0.6 is 15.9 Å². The van der Waals surface area contributed by atoms with Gasteiger partial charge < -0.3 is 14.8 Å². The number of halogens is 1. The first-order valence-corrected chi connectivity index (χ1v) is 11.2. The summed E-state index contributed by atoms with van der Waals surface area (Å²) in [6, 6.07) is 10.5. The number of amides is 3. The minimum absolute atomic E-state index is 0.0931. The summed E-state index contributed by atoms with van der Waals surface area (Å²) in [5.41, 5.74) is -0.794. The van der Waals surface area contributed by atoms with Gasteiger partial charge in [0.1, 0.15) is 5.54 Å². The van der Waals surface area contributed by atoms with Crippen LogP contribution in [0.2, 0.25) is 0 Å². The molecule has 2 heterocycles. The Hall–Kier alpha value is -2.59. The van der Waals surface area contributed by atoms with E-state index in [2.05, 4.69) is 21.2 Å². The highest BCUT2D eigenvalue weighted by molar-refractivity contribution is 9.10. The summed E-state index contributed by atoms with van der Waals surface area (Å²) in [7, 11) is -3.65. The first-order valence-electron chi connectivity index (χ1n) is 8.73. The van der Waals surface area contributed by atoms with Crippen molar-refractivity contribution in [3.05, 3.63) is 52.5 Å². The lowest BCUT2D eigenvalue weighted by Crippen LogP contribution is -2.41. The van der Waals surface area contributed by atoms with Gasteiger partial charge >= 0.3 is 6.03 Å². The van der Waals surface area contributed by atoms with Crippen LogP contribution in [0.4, 0.5) is 4.79 Å². The fourth-order valence-electron chi connectivity index (χ4n) is 3.27. The van der Waals surface area contributed by atoms with Crippen molar-refractivity contribution in [1.29, 1.82) is 0 Å². The number of fused-ring (bicyclic) bond motifs is 1. The summed E-state index contributed by atoms with van der Waals surface area (Å²) >= 11 is 3.26. The number of nitrogens with one attached hydrogen (secondary N) is 1. The summed E-state index contributed by atoms with van der Waals surface area (Å²) in [4.78, 5) is 26.5. The number of carbonyl (C=O) groups is 2. The molecule has 4 rings (SSSR count). The Bertz CT molecular complexity index is 1100. The van der Waals surface area contributed by atoms with Crippen molar-refractivity contribution in [3.8, 4) is 11.5 Å². The lowest BCUT2D eigenvalue weighted by molar-refractivity contribution is -0.130. The SMILES string of the molecule is CC1(c2ccc3c(c2)OCO3)NC(=O)N(CCS(=O)(=O)c2ccc(Br)cc2)C1=O. The zero-order valence-corrected chi connectivity index (χ0v) is 17.7. The third kappa shape index (κ3) is 3.46. The standard InChI is InChI=1S/C19H17BrN2O6S/c1-19(12-2-7-15-16(10-12)28-11-27-15)17(23)22(18(24)21-19)8-9-29(25,26)14-5-3-13(20)4-6-14/h2-7,10H,8-9,11H2,1H3,(H,21,24). The quantitative estimate of drug-likeness (QED) is 0.659. The third-order valence-corrected chi connectivity index (χ3v) is 7.22. The molecule has 0 saturated carbocycles. The fraction of sp³-hybridized carbons (Fsp3) is 0.263. The van der Waals surface area contributed by atoms with E-state index in [0.717, 1.165) is 9.37 Å². The topological polar surface area (TPSA) is 102 Å². The van der Waals surface area contributed by atoms with Crippen LogP contribution in [0.15, 0.2) is 51.8 Å². The molecule has 29 heavy (non-hydrogen) atoms. The monoisotopic (exact) mass is 480 g/mol. The Morgan fingerprint density at radius 1 is 1.10 bits per heavy atom. The van der Waals surface area contributed by atoms with Gasteiger partial charge in [-0.15, -0.1) is 0 Å². The highest BCUT2D eigenvalue weighted by atomic mass is 79.9. The molecule has 0 radical (unpaired) electrons. The van der Waals surface area contributed by atoms with E-state index in [1.807, 2.05) is 0 Å². The molecule has 1 atom stereocenters. The molecule has 3 amide bonds. The van der Waals surface area contributed by atoms with Crippen LogP contribution in [0.3, 0.4) is 0 Å². The molecule has 1 N–H and O–H groups in total. The van der Waals surface area contributed by atoms with Crippen molar-refractivity contribution in [2.24, 2.45) is 0 Å². The van der Waals surface area contributed by atoms with E-state index >= 15 is 0 Å². The van der Waals surface area contributed by atoms with Crippen molar-refractivity contribution in [1.82, 2.24) is 10.2 Å². The number of carbonyl (C=O) groups excluding carboxylic acids is 2. The number of benzene rings is 2. The highest BCUT2D eigenvalue weighted by Gasteiger charge is 2.49. The Morgan fingerprint density at radius 3 is 2.52 bits per heavy atom. The van der Waals surface area contributed by atoms with E-state index in [1.54, 1.807) is 37.3 Å². The normalized spacial score (nSPS) is 20.8. The predicted octanol–water partition coefficient (Wildman–Crippen LogP) is 2.42. The molecule has 10 heteroatoms. The van der Waals surface area contributed by atoms with Gasteiger partial charge in [0, 0.05) is 11.0 Å². The maximum absolute atomic E-state index is 13.0. The molecule has 2 aliphatic heterocycles. The van der Waals surface area contributed by atoms with Crippen molar-refractivity contribution in [2.45, 2.75) is 17.4 Å². The number of hydrogen-bond acceptors (Lipinski definition) is 6. The molecule has 2 aromatic carbocycles. The second-order valence-electron chi connectivity index (χ2n) is 6.85. The Labute approximate surface area is 175 Å². The summed E-state index contributed by atoms with van der Waals surface area (Å²) in [6.07, 6.45) is 0. The van der Waals surface area contributed by atoms with Gasteiger partial charge in [-0.2, -0.15) is 0 Å². The molecular formula is C19H17BrN2O6S. The van der Waals surface area contributed by atoms with Gasteiger partial charge in [0.15, 0.2) is 21.3 Å². The second kappa shape index (κ2) is 7.03. The zero-order valence-electron chi connectivity index (χ0n) is 15.3. The Kier molecular flexibility index (Phi) is 4.78. The third-order valence-electron chi connectivity index (χ3n) is 4.98. The maximum atomic E-state index is 13.0. The molecule has 1 unspecified atom stereocenters. The number of rotatable bonds is 5. The van der Waals surface area contributed by atoms with Crippen LogP contribution in [0.5, 0.6) is 11.5 Å². The van der Waals surface area contributed by atoms with E-state index in [1.165, 1.54) is 12.1 Å². The molecule has 1 fully saturated rings. The minimum atomic E-state index is -3.65. The average Bonchev–Trinajstić information content (AvgIpc) is 3.23. The molecular weight excluding hydrogens is 464 g/mol. The van der Waals surface area contributed by atoms with Crippen molar-refractivity contribution in [2.75, 3.05) is 19.1 Å². The van der Waals surface area contributed by atoms with Gasteiger partial charge in [0.2, 0.25) is 6.79 Å². The highest BCUT2D eigenvalue weighted by Crippen LogP contribution is 2.37. The van der Waals surface area contributed by atoms with Crippen molar-refractivity contribution < 1.29 is 27.5 Å². The number of ether oxygens (including phenoxy) is 2. The van der Waals surface area contributed by atoms with E-state index in [9.17, 15) is 18.0 Å². The molecule has 0 aromatic heterocycles. The molecule has 1 saturated heterocycles. The molecule has 0 bridgehead atoms. The van der Waals surface area contributed by atoms with Gasteiger partial charge in [-0.3, -0.25) is 9.69 Å². The number of hydrogen-bond donors (Lipinski definition) is 1. The van der Waals surface area contributed by atoms with Crippen LogP contribution in [-0.4, -0.2) is 44.3 Å². The molecule has 0 spiro atoms. The summed E-state index contributed by atoms with van der Waals surface area (Å²) in [5.74, 6) is 0.159. The minimum Gasteiger partial charge on any atom is -0.454 e. The molecule has 2 aliphatic rings. The molecule has 0 aliphatic carbocycles. The second-order valence-corrected chi connectivity index (χ2v) is 9.88. The van der Waals surface area contributed by atoms with E-state index in [0.29, 0.717) is 17.1 Å². The van der Waals surface area contributed by atoms with Gasteiger partial charge in [0.05, 0.1) is 10.6 Å². The van der Waals surface area contributed by atoms with Gasteiger partial charge in [-0.25, -0.2) is 13.2 Å². The number of sulfone groups is 1. The van der Waals surface area contributed by atoms with E-state index in [-0.39, 0.29) is 24.0 Å². The van der Waals surface area contributed by atoms with Gasteiger partial charge in [-0.1, -0.05) is 22.0 Å². The first-order chi connectivity index (χ1) is 13.7. The van der Waals surface area contributed by atoms with Crippen molar-refractivity contribution in [3.63, 3.8) is 0 Å². The predicted molar refractivity (Wildman–Crippen MR) is 106 cm³/mol. The van der Waals surface area contributed by atoms with Crippen LogP contribution in [0, 0.1) is 0 Å². The van der Waals surface area contributed by atoms with Gasteiger partial charge in [0.25, 0.3) is 5.91 Å². The van der Waals surface area contributed by atoms with E-state index < -0.39 is 27.3 Å². The Balaban J connectivity index is 1.53. The van der Waals surface area contributed by atoms with Crippen LogP contribution in [0.25, 0.3) is 0 Å².